The van der Waals surface area contributed by atoms with E-state index in [0.717, 1.165) is 63.9 Å². The fraction of sp³-hybridized carbons (Fsp3) is 0.542. The molecule has 0 aromatic heterocycles. The van der Waals surface area contributed by atoms with Crippen LogP contribution in [0.3, 0.4) is 0 Å². The van der Waals surface area contributed by atoms with Crippen molar-refractivity contribution in [3.8, 4) is 5.75 Å². The minimum Gasteiger partial charge on any atom is -0.494 e. The second-order valence-corrected chi connectivity index (χ2v) is 8.05. The van der Waals surface area contributed by atoms with Gasteiger partial charge in [-0.05, 0) is 50.2 Å². The van der Waals surface area contributed by atoms with Gasteiger partial charge in [0.15, 0.2) is 5.96 Å². The summed E-state index contributed by atoms with van der Waals surface area (Å²) < 4.78 is 5.93. The normalized spacial score (nSPS) is 16.5. The quantitative estimate of drug-likeness (QED) is 0.222. The summed E-state index contributed by atoms with van der Waals surface area (Å²) in [5.74, 6) is 1.82. The molecule has 6 nitrogen and oxygen atoms in total. The number of ether oxygens (including phenoxy) is 1. The highest BCUT2D eigenvalue weighted by molar-refractivity contribution is 14.0. The van der Waals surface area contributed by atoms with Gasteiger partial charge in [-0.25, -0.2) is 0 Å². The van der Waals surface area contributed by atoms with Gasteiger partial charge in [0, 0.05) is 45.3 Å². The average Bonchev–Trinajstić information content (AvgIpc) is 2.77. The smallest absolute Gasteiger partial charge is 0.191 e. The lowest BCUT2D eigenvalue weighted by Gasteiger charge is -2.35. The highest BCUT2D eigenvalue weighted by Crippen LogP contribution is 2.20. The van der Waals surface area contributed by atoms with Crippen molar-refractivity contribution < 1.29 is 4.74 Å². The van der Waals surface area contributed by atoms with Crippen molar-refractivity contribution in [3.05, 3.63) is 42.5 Å². The van der Waals surface area contributed by atoms with Crippen molar-refractivity contribution in [3.63, 3.8) is 0 Å². The summed E-state index contributed by atoms with van der Waals surface area (Å²) in [4.78, 5) is 9.72. The molecule has 1 aliphatic rings. The highest BCUT2D eigenvalue weighted by Gasteiger charge is 2.18. The van der Waals surface area contributed by atoms with E-state index in [4.69, 9.17) is 9.73 Å². The van der Waals surface area contributed by atoms with Gasteiger partial charge in [-0.1, -0.05) is 30.3 Å². The van der Waals surface area contributed by atoms with Crippen LogP contribution in [-0.4, -0.2) is 81.3 Å². The molecule has 1 fully saturated rings. The molecule has 0 spiro atoms. The van der Waals surface area contributed by atoms with E-state index in [9.17, 15) is 0 Å². The summed E-state index contributed by atoms with van der Waals surface area (Å²) in [6.07, 6.45) is 0.922. The van der Waals surface area contributed by atoms with E-state index >= 15 is 0 Å². The van der Waals surface area contributed by atoms with E-state index in [1.807, 2.05) is 6.07 Å². The zero-order valence-corrected chi connectivity index (χ0v) is 21.5. The Bertz CT molecular complexity index is 807. The molecule has 2 N–H and O–H groups in total. The molecule has 1 aliphatic heterocycles. The molecule has 172 valence electrons. The number of rotatable bonds is 9. The van der Waals surface area contributed by atoms with Crippen molar-refractivity contribution in [2.24, 2.45) is 4.99 Å². The van der Waals surface area contributed by atoms with E-state index in [0.29, 0.717) is 12.6 Å². The summed E-state index contributed by atoms with van der Waals surface area (Å²) >= 11 is 0. The number of likely N-dealkylation sites (N-methyl/N-ethyl adjacent to an activating group) is 1. The molecule has 2 aromatic rings. The number of nitrogens with zero attached hydrogens (tertiary/aromatic N) is 3. The SMILES string of the molecule is CCNC(=NCC(C)N1CCN(C)CC1)NCCCOc1ccc2ccccc2c1.I. The Balaban J connectivity index is 0.00000341. The van der Waals surface area contributed by atoms with Crippen LogP contribution in [0.25, 0.3) is 10.8 Å². The maximum absolute atomic E-state index is 5.93. The predicted octanol–water partition coefficient (Wildman–Crippen LogP) is 3.42. The van der Waals surface area contributed by atoms with Gasteiger partial charge in [-0.3, -0.25) is 9.89 Å². The molecule has 3 rings (SSSR count). The van der Waals surface area contributed by atoms with Crippen molar-refractivity contribution >= 4 is 40.7 Å². The van der Waals surface area contributed by atoms with Crippen LogP contribution in [0, 0.1) is 0 Å². The van der Waals surface area contributed by atoms with Gasteiger partial charge in [0.25, 0.3) is 0 Å². The lowest BCUT2D eigenvalue weighted by atomic mass is 10.1. The number of guanidine groups is 1. The standard InChI is InChI=1S/C24H37N5O.HI/c1-4-25-24(27-19-20(2)29-15-13-28(3)14-16-29)26-12-7-17-30-23-11-10-21-8-5-6-9-22(21)18-23;/h5-6,8-11,18,20H,4,7,12-17,19H2,1-3H3,(H2,25,26,27);1H. The van der Waals surface area contributed by atoms with Crippen molar-refractivity contribution in [1.29, 1.82) is 0 Å². The zero-order chi connectivity index (χ0) is 21.2. The number of nitrogens with one attached hydrogen (secondary N) is 2. The predicted molar refractivity (Wildman–Crippen MR) is 142 cm³/mol. The number of fused-ring (bicyclic) bond motifs is 1. The first-order valence-corrected chi connectivity index (χ1v) is 11.2. The van der Waals surface area contributed by atoms with E-state index in [2.05, 4.69) is 77.7 Å². The number of piperazine rings is 1. The summed E-state index contributed by atoms with van der Waals surface area (Å²) in [7, 11) is 2.19. The first-order valence-electron chi connectivity index (χ1n) is 11.2. The third-order valence-electron chi connectivity index (χ3n) is 5.62. The first-order chi connectivity index (χ1) is 14.7. The Kier molecular flexibility index (Phi) is 11.4. The van der Waals surface area contributed by atoms with Gasteiger partial charge in [-0.15, -0.1) is 24.0 Å². The van der Waals surface area contributed by atoms with Gasteiger partial charge >= 0.3 is 0 Å². The molecule has 7 heteroatoms. The summed E-state index contributed by atoms with van der Waals surface area (Å²) in [5, 5.41) is 9.23. The zero-order valence-electron chi connectivity index (χ0n) is 19.1. The third kappa shape index (κ3) is 8.46. The summed E-state index contributed by atoms with van der Waals surface area (Å²) in [5.41, 5.74) is 0. The molecule has 0 radical (unpaired) electrons. The lowest BCUT2D eigenvalue weighted by molar-refractivity contribution is 0.122. The monoisotopic (exact) mass is 539 g/mol. The molecule has 2 aromatic carbocycles. The molecule has 1 atom stereocenters. The topological polar surface area (TPSA) is 52.1 Å². The van der Waals surface area contributed by atoms with Crippen LogP contribution in [-0.2, 0) is 0 Å². The molecule has 1 unspecified atom stereocenters. The van der Waals surface area contributed by atoms with Crippen LogP contribution in [0.4, 0.5) is 0 Å². The minimum absolute atomic E-state index is 0. The Morgan fingerprint density at radius 3 is 2.55 bits per heavy atom. The van der Waals surface area contributed by atoms with E-state index in [1.165, 1.54) is 10.8 Å². The highest BCUT2D eigenvalue weighted by atomic mass is 127. The van der Waals surface area contributed by atoms with Gasteiger partial charge in [-0.2, -0.15) is 0 Å². The maximum atomic E-state index is 5.93. The van der Waals surface area contributed by atoms with Gasteiger partial charge in [0.2, 0.25) is 0 Å². The van der Waals surface area contributed by atoms with Crippen molar-refractivity contribution in [2.75, 3.05) is 59.5 Å². The summed E-state index contributed by atoms with van der Waals surface area (Å²) in [6, 6.07) is 15.1. The third-order valence-corrected chi connectivity index (χ3v) is 5.62. The minimum atomic E-state index is 0. The van der Waals surface area contributed by atoms with E-state index < -0.39 is 0 Å². The molecule has 0 saturated carbocycles. The van der Waals surface area contributed by atoms with Crippen LogP contribution in [0.15, 0.2) is 47.5 Å². The Morgan fingerprint density at radius 1 is 1.06 bits per heavy atom. The maximum Gasteiger partial charge on any atom is 0.191 e. The largest absolute Gasteiger partial charge is 0.494 e. The molecule has 1 heterocycles. The average molecular weight is 540 g/mol. The van der Waals surface area contributed by atoms with Crippen LogP contribution in [0.5, 0.6) is 5.75 Å². The Morgan fingerprint density at radius 2 is 1.81 bits per heavy atom. The molecular weight excluding hydrogens is 501 g/mol. The number of hydrogen-bond acceptors (Lipinski definition) is 4. The number of hydrogen-bond donors (Lipinski definition) is 2. The molecule has 0 bridgehead atoms. The van der Waals surface area contributed by atoms with Gasteiger partial charge in [0.1, 0.15) is 5.75 Å². The van der Waals surface area contributed by atoms with Crippen LogP contribution in [0.2, 0.25) is 0 Å². The van der Waals surface area contributed by atoms with E-state index in [-0.39, 0.29) is 24.0 Å². The van der Waals surface area contributed by atoms with Gasteiger partial charge in [0.05, 0.1) is 13.2 Å². The van der Waals surface area contributed by atoms with Gasteiger partial charge < -0.3 is 20.3 Å². The number of aliphatic imine (C=N–C) groups is 1. The van der Waals surface area contributed by atoms with Crippen molar-refractivity contribution in [1.82, 2.24) is 20.4 Å². The molecule has 31 heavy (non-hydrogen) atoms. The van der Waals surface area contributed by atoms with Crippen LogP contribution in [0.1, 0.15) is 20.3 Å². The second-order valence-electron chi connectivity index (χ2n) is 8.05. The molecule has 0 aliphatic carbocycles. The fourth-order valence-corrected chi connectivity index (χ4v) is 3.67. The molecule has 1 saturated heterocycles. The van der Waals surface area contributed by atoms with E-state index in [1.54, 1.807) is 0 Å². The number of benzene rings is 2. The fourth-order valence-electron chi connectivity index (χ4n) is 3.67. The number of halogens is 1. The van der Waals surface area contributed by atoms with Crippen LogP contribution < -0.4 is 15.4 Å². The Labute approximate surface area is 204 Å². The molecule has 0 amide bonds. The van der Waals surface area contributed by atoms with Crippen LogP contribution >= 0.6 is 24.0 Å². The molecular formula is C24H38IN5O. The summed E-state index contributed by atoms with van der Waals surface area (Å²) in [6.45, 7) is 12.1. The lowest BCUT2D eigenvalue weighted by Crippen LogP contribution is -2.49. The Hall–Kier alpha value is -1.58. The first kappa shape index (κ1) is 25.7. The van der Waals surface area contributed by atoms with Crippen molar-refractivity contribution in [2.45, 2.75) is 26.3 Å². The second kappa shape index (κ2) is 13.8.